The van der Waals surface area contributed by atoms with Crippen LogP contribution in [0.5, 0.6) is 0 Å². The molecule has 2 atom stereocenters. The lowest BCUT2D eigenvalue weighted by Gasteiger charge is -2.49. The maximum Gasteiger partial charge on any atom is 0.416 e. The topological polar surface area (TPSA) is 88.5 Å². The summed E-state index contributed by atoms with van der Waals surface area (Å²) in [6.45, 7) is 6.79. The Morgan fingerprint density at radius 1 is 1.19 bits per heavy atom. The number of nitrogens with zero attached hydrogens (tertiary/aromatic N) is 4. The van der Waals surface area contributed by atoms with Gasteiger partial charge in [0.05, 0.1) is 10.5 Å². The SMILES string of the molecule is CC.CC1CN(C(c2ccc(C(F)(F)F)cc2)C2CC(F)(F)C2)CCN1c1cc(Cl)nc(N)c1[N+](=O)[O-]. The highest BCUT2D eigenvalue weighted by molar-refractivity contribution is 6.30. The molecule has 1 saturated heterocycles. The number of benzene rings is 1. The molecule has 2 aromatic rings. The summed E-state index contributed by atoms with van der Waals surface area (Å²) >= 11 is 5.99. The molecule has 7 nitrogen and oxygen atoms in total. The van der Waals surface area contributed by atoms with Gasteiger partial charge in [-0.2, -0.15) is 13.2 Å². The smallest absolute Gasteiger partial charge is 0.378 e. The number of hydrogen-bond acceptors (Lipinski definition) is 6. The number of anilines is 2. The second-order valence-electron chi connectivity index (χ2n) is 9.08. The Morgan fingerprint density at radius 2 is 1.78 bits per heavy atom. The first-order valence-electron chi connectivity index (χ1n) is 11.9. The molecule has 1 aromatic heterocycles. The molecule has 0 radical (unpaired) electrons. The number of pyridine rings is 1. The van der Waals surface area contributed by atoms with Crippen LogP contribution < -0.4 is 10.6 Å². The zero-order valence-corrected chi connectivity index (χ0v) is 21.4. The molecule has 1 aliphatic carbocycles. The van der Waals surface area contributed by atoms with E-state index in [2.05, 4.69) is 4.98 Å². The molecule has 1 aromatic carbocycles. The maximum absolute atomic E-state index is 13.7. The van der Waals surface area contributed by atoms with Gasteiger partial charge in [0.25, 0.3) is 0 Å². The molecule has 13 heteroatoms. The van der Waals surface area contributed by atoms with Crippen molar-refractivity contribution in [3.8, 4) is 0 Å². The number of piperazine rings is 1. The van der Waals surface area contributed by atoms with E-state index in [1.807, 2.05) is 25.7 Å². The van der Waals surface area contributed by atoms with Crippen LogP contribution in [0.4, 0.5) is 39.1 Å². The van der Waals surface area contributed by atoms with E-state index < -0.39 is 34.5 Å². The Morgan fingerprint density at radius 3 is 2.27 bits per heavy atom. The number of alkyl halides is 5. The van der Waals surface area contributed by atoms with Crippen LogP contribution in [0.15, 0.2) is 30.3 Å². The standard InChI is InChI=1S/C22H23ClF5N5O2.C2H6/c1-12-11-31(6-7-32(12)16-8-17(23)30-20(29)19(16)33(34)35)18(14-9-21(24,25)10-14)13-2-4-15(5-3-13)22(26,27)28;1-2/h2-5,8,12,14,18H,6-7,9-11H2,1H3,(H2,29,30);1-2H3. The van der Waals surface area contributed by atoms with Crippen LogP contribution in [-0.2, 0) is 6.18 Å². The summed E-state index contributed by atoms with van der Waals surface area (Å²) in [7, 11) is 0. The van der Waals surface area contributed by atoms with Crippen LogP contribution in [0, 0.1) is 16.0 Å². The van der Waals surface area contributed by atoms with Crippen LogP contribution in [0.3, 0.4) is 0 Å². The van der Waals surface area contributed by atoms with Gasteiger partial charge in [0.1, 0.15) is 10.8 Å². The first kappa shape index (κ1) is 28.8. The highest BCUT2D eigenvalue weighted by Gasteiger charge is 2.51. The van der Waals surface area contributed by atoms with Gasteiger partial charge in [0.15, 0.2) is 0 Å². The summed E-state index contributed by atoms with van der Waals surface area (Å²) in [5.41, 5.74) is 5.30. The average Bonchev–Trinajstić information content (AvgIpc) is 2.78. The monoisotopic (exact) mass is 549 g/mol. The van der Waals surface area contributed by atoms with E-state index >= 15 is 0 Å². The van der Waals surface area contributed by atoms with Crippen LogP contribution in [0.1, 0.15) is 50.8 Å². The van der Waals surface area contributed by atoms with Crippen molar-refractivity contribution in [2.75, 3.05) is 30.3 Å². The van der Waals surface area contributed by atoms with Crippen molar-refractivity contribution in [2.24, 2.45) is 5.92 Å². The fourth-order valence-corrected chi connectivity index (χ4v) is 5.29. The van der Waals surface area contributed by atoms with Gasteiger partial charge in [-0.3, -0.25) is 15.0 Å². The van der Waals surface area contributed by atoms with Gasteiger partial charge in [-0.15, -0.1) is 0 Å². The molecule has 1 aliphatic heterocycles. The lowest BCUT2D eigenvalue weighted by atomic mass is 9.73. The third-order valence-electron chi connectivity index (χ3n) is 6.66. The number of hydrogen-bond donors (Lipinski definition) is 1. The molecular formula is C24H29ClF5N5O2. The van der Waals surface area contributed by atoms with Gasteiger partial charge in [-0.05, 0) is 30.5 Å². The average molecular weight is 550 g/mol. The fourth-order valence-electron chi connectivity index (χ4n) is 5.10. The number of nitro groups is 1. The molecule has 0 spiro atoms. The first-order chi connectivity index (χ1) is 17.3. The third kappa shape index (κ3) is 6.23. The van der Waals surface area contributed by atoms with Crippen molar-refractivity contribution in [2.45, 2.75) is 57.8 Å². The first-order valence-corrected chi connectivity index (χ1v) is 12.3. The summed E-state index contributed by atoms with van der Waals surface area (Å²) in [5, 5.41) is 11.6. The van der Waals surface area contributed by atoms with E-state index in [1.54, 1.807) is 4.90 Å². The Hall–Kier alpha value is -2.73. The van der Waals surface area contributed by atoms with Crippen molar-refractivity contribution in [1.82, 2.24) is 9.88 Å². The Balaban J connectivity index is 0.00000186. The summed E-state index contributed by atoms with van der Waals surface area (Å²) < 4.78 is 66.6. The molecule has 2 heterocycles. The van der Waals surface area contributed by atoms with Gasteiger partial charge in [-0.1, -0.05) is 37.6 Å². The van der Waals surface area contributed by atoms with Crippen molar-refractivity contribution < 1.29 is 26.9 Å². The molecule has 204 valence electrons. The lowest BCUT2D eigenvalue weighted by molar-refractivity contribution is -0.383. The molecule has 0 bridgehead atoms. The van der Waals surface area contributed by atoms with Gasteiger partial charge >= 0.3 is 11.9 Å². The zero-order valence-electron chi connectivity index (χ0n) is 20.6. The van der Waals surface area contributed by atoms with Crippen molar-refractivity contribution in [1.29, 1.82) is 0 Å². The number of nitrogen functional groups attached to an aromatic ring is 1. The van der Waals surface area contributed by atoms with Crippen molar-refractivity contribution in [3.05, 3.63) is 56.7 Å². The molecule has 2 unspecified atom stereocenters. The molecule has 37 heavy (non-hydrogen) atoms. The van der Waals surface area contributed by atoms with E-state index in [9.17, 15) is 32.1 Å². The predicted octanol–water partition coefficient (Wildman–Crippen LogP) is 6.57. The van der Waals surface area contributed by atoms with Crippen LogP contribution in [0.25, 0.3) is 0 Å². The molecule has 1 saturated carbocycles. The zero-order chi connectivity index (χ0) is 27.7. The minimum atomic E-state index is -4.50. The highest BCUT2D eigenvalue weighted by atomic mass is 35.5. The van der Waals surface area contributed by atoms with E-state index in [1.165, 1.54) is 18.2 Å². The quantitative estimate of drug-likeness (QED) is 0.196. The molecule has 2 fully saturated rings. The molecule has 4 rings (SSSR count). The second kappa shape index (κ2) is 10.9. The molecule has 2 aliphatic rings. The van der Waals surface area contributed by atoms with Crippen LogP contribution >= 0.6 is 11.6 Å². The maximum atomic E-state index is 13.7. The Kier molecular flexibility index (Phi) is 8.53. The largest absolute Gasteiger partial charge is 0.416 e. The normalized spacial score (nSPS) is 21.0. The lowest BCUT2D eigenvalue weighted by Crippen LogP contribution is -2.55. The minimum absolute atomic E-state index is 0.00272. The van der Waals surface area contributed by atoms with Crippen LogP contribution in [-0.4, -0.2) is 46.4 Å². The highest BCUT2D eigenvalue weighted by Crippen LogP contribution is 2.51. The second-order valence-corrected chi connectivity index (χ2v) is 9.47. The van der Waals surface area contributed by atoms with Gasteiger partial charge in [0, 0.05) is 50.6 Å². The number of halogens is 6. The summed E-state index contributed by atoms with van der Waals surface area (Å²) in [6, 6.07) is 5.15. The van der Waals surface area contributed by atoms with Gasteiger partial charge in [0.2, 0.25) is 11.7 Å². The van der Waals surface area contributed by atoms with Crippen LogP contribution in [0.2, 0.25) is 5.15 Å². The third-order valence-corrected chi connectivity index (χ3v) is 6.85. The van der Waals surface area contributed by atoms with Gasteiger partial charge < -0.3 is 10.6 Å². The minimum Gasteiger partial charge on any atom is -0.378 e. The van der Waals surface area contributed by atoms with E-state index in [-0.39, 0.29) is 41.2 Å². The number of aromatic nitrogens is 1. The van der Waals surface area contributed by atoms with Crippen molar-refractivity contribution >= 4 is 28.8 Å². The summed E-state index contributed by atoms with van der Waals surface area (Å²) in [6.07, 6.45) is -5.20. The summed E-state index contributed by atoms with van der Waals surface area (Å²) in [4.78, 5) is 18.5. The van der Waals surface area contributed by atoms with Gasteiger partial charge in [-0.25, -0.2) is 13.8 Å². The molecular weight excluding hydrogens is 521 g/mol. The Labute approximate surface area is 216 Å². The number of nitrogens with two attached hydrogens (primary N) is 1. The van der Waals surface area contributed by atoms with E-state index in [4.69, 9.17) is 17.3 Å². The van der Waals surface area contributed by atoms with E-state index in [0.717, 1.165) is 12.1 Å². The fraction of sp³-hybridized carbons (Fsp3) is 0.542. The predicted molar refractivity (Wildman–Crippen MR) is 132 cm³/mol. The molecule has 0 amide bonds. The van der Waals surface area contributed by atoms with E-state index in [0.29, 0.717) is 25.2 Å². The van der Waals surface area contributed by atoms with Crippen molar-refractivity contribution in [3.63, 3.8) is 0 Å². The number of rotatable bonds is 5. The molecule has 2 N–H and O–H groups in total. The Bertz CT molecular complexity index is 1110. The summed E-state index contributed by atoms with van der Waals surface area (Å²) in [5.74, 6) is -3.54.